The smallest absolute Gasteiger partial charge is 0.411 e. The van der Waals surface area contributed by atoms with Crippen molar-refractivity contribution < 1.29 is 23.0 Å². The van der Waals surface area contributed by atoms with Crippen LogP contribution in [0.25, 0.3) is 22.2 Å². The summed E-state index contributed by atoms with van der Waals surface area (Å²) >= 11 is 6.48. The van der Waals surface area contributed by atoms with Crippen molar-refractivity contribution in [2.24, 2.45) is 0 Å². The number of carbonyl (C=O) groups is 1. The number of aromatic nitrogens is 1. The van der Waals surface area contributed by atoms with Gasteiger partial charge >= 0.3 is 6.09 Å². The molecule has 1 N–H and O–H groups in total. The van der Waals surface area contributed by atoms with Crippen LogP contribution in [0.2, 0.25) is 5.02 Å². The highest BCUT2D eigenvalue weighted by molar-refractivity contribution is 6.34. The molecule has 9 heteroatoms. The third kappa shape index (κ3) is 4.80. The normalized spacial score (nSPS) is 13.7. The number of hydrogen-bond donors (Lipinski definition) is 1. The van der Waals surface area contributed by atoms with Crippen LogP contribution in [-0.4, -0.2) is 29.8 Å². The van der Waals surface area contributed by atoms with Gasteiger partial charge in [0.2, 0.25) is 0 Å². The molecule has 0 spiro atoms. The lowest BCUT2D eigenvalue weighted by molar-refractivity contribution is 0.0819. The first-order valence-electron chi connectivity index (χ1n) is 11.0. The van der Waals surface area contributed by atoms with Gasteiger partial charge in [-0.1, -0.05) is 17.7 Å². The lowest BCUT2D eigenvalue weighted by atomic mass is 9.92. The van der Waals surface area contributed by atoms with Gasteiger partial charge in [-0.05, 0) is 57.4 Å². The number of nitriles is 1. The molecule has 6 nitrogen and oxygen atoms in total. The van der Waals surface area contributed by atoms with Crippen LogP contribution in [0.1, 0.15) is 44.7 Å². The summed E-state index contributed by atoms with van der Waals surface area (Å²) < 4.78 is 37.7. The number of anilines is 1. The first kappa shape index (κ1) is 23.8. The van der Waals surface area contributed by atoms with Crippen LogP contribution < -0.4 is 10.1 Å². The number of fused-ring (bicyclic) bond motifs is 1. The van der Waals surface area contributed by atoms with Gasteiger partial charge in [0.25, 0.3) is 6.43 Å². The van der Waals surface area contributed by atoms with E-state index >= 15 is 0 Å². The van der Waals surface area contributed by atoms with E-state index < -0.39 is 19.1 Å². The second kappa shape index (κ2) is 9.90. The summed E-state index contributed by atoms with van der Waals surface area (Å²) in [7, 11) is 0. The fraction of sp³-hybridized carbons (Fsp3) is 0.360. The predicted octanol–water partition coefficient (Wildman–Crippen LogP) is 7.16. The van der Waals surface area contributed by atoms with Gasteiger partial charge in [-0.25, -0.2) is 13.6 Å². The summed E-state index contributed by atoms with van der Waals surface area (Å²) in [6.07, 6.45) is -0.511. The van der Waals surface area contributed by atoms with Crippen LogP contribution in [0.5, 0.6) is 5.75 Å². The SMILES string of the molecule is CC(C)OC(=O)Nc1ccc(-c2c(C#N)c3ccc(OCC(F)F)cc3n2C2CCC2)cc1Cl. The first-order chi connectivity index (χ1) is 16.3. The molecule has 178 valence electrons. The number of amides is 1. The highest BCUT2D eigenvalue weighted by Crippen LogP contribution is 2.44. The Hall–Kier alpha value is -3.31. The van der Waals surface area contributed by atoms with Gasteiger partial charge in [0.15, 0.2) is 0 Å². The zero-order valence-electron chi connectivity index (χ0n) is 18.8. The van der Waals surface area contributed by atoms with E-state index in [1.54, 1.807) is 50.2 Å². The molecule has 1 aliphatic rings. The molecule has 1 heterocycles. The molecular weight excluding hydrogens is 464 g/mol. The summed E-state index contributed by atoms with van der Waals surface area (Å²) in [6.45, 7) is 2.80. The molecule has 1 amide bonds. The van der Waals surface area contributed by atoms with Crippen LogP contribution in [0, 0.1) is 11.3 Å². The molecular formula is C25H24ClF2N3O3. The van der Waals surface area contributed by atoms with Crippen LogP contribution in [0.15, 0.2) is 36.4 Å². The minimum Gasteiger partial charge on any atom is -0.488 e. The number of hydrogen-bond acceptors (Lipinski definition) is 4. The van der Waals surface area contributed by atoms with Gasteiger partial charge in [-0.15, -0.1) is 0 Å². The second-order valence-corrected chi connectivity index (χ2v) is 8.85. The molecule has 1 aromatic heterocycles. The fourth-order valence-corrected chi connectivity index (χ4v) is 4.31. The third-order valence-electron chi connectivity index (χ3n) is 5.73. The van der Waals surface area contributed by atoms with Gasteiger partial charge < -0.3 is 14.0 Å². The van der Waals surface area contributed by atoms with E-state index in [4.69, 9.17) is 21.1 Å². The molecule has 34 heavy (non-hydrogen) atoms. The Kier molecular flexibility index (Phi) is 6.94. The minimum absolute atomic E-state index is 0.169. The highest BCUT2D eigenvalue weighted by Gasteiger charge is 2.28. The van der Waals surface area contributed by atoms with E-state index in [0.29, 0.717) is 38.7 Å². The summed E-state index contributed by atoms with van der Waals surface area (Å²) in [6, 6.07) is 12.7. The molecule has 4 rings (SSSR count). The molecule has 1 aliphatic carbocycles. The van der Waals surface area contributed by atoms with E-state index in [9.17, 15) is 18.8 Å². The van der Waals surface area contributed by atoms with E-state index in [0.717, 1.165) is 24.8 Å². The fourth-order valence-electron chi connectivity index (χ4n) is 4.08. The van der Waals surface area contributed by atoms with Gasteiger partial charge in [0, 0.05) is 23.1 Å². The number of carbonyl (C=O) groups excluding carboxylic acids is 1. The second-order valence-electron chi connectivity index (χ2n) is 8.44. The van der Waals surface area contributed by atoms with Crippen molar-refractivity contribution in [1.29, 1.82) is 5.26 Å². The standard InChI is InChI=1S/C25H24ClF2N3O3/c1-14(2)34-25(32)30-21-9-6-15(10-20(21)26)24-19(12-29)18-8-7-17(33-13-23(27)28)11-22(18)31(24)16-4-3-5-16/h6-11,14,16,23H,3-5,13H2,1-2H3,(H,30,32). The number of alkyl halides is 2. The number of nitrogens with zero attached hydrogens (tertiary/aromatic N) is 2. The van der Waals surface area contributed by atoms with Crippen molar-refractivity contribution in [1.82, 2.24) is 4.57 Å². The van der Waals surface area contributed by atoms with Crippen molar-refractivity contribution in [3.05, 3.63) is 47.0 Å². The lowest BCUT2D eigenvalue weighted by Gasteiger charge is -2.30. The zero-order chi connectivity index (χ0) is 24.4. The van der Waals surface area contributed by atoms with E-state index in [-0.39, 0.29) is 12.1 Å². The maximum atomic E-state index is 12.6. The van der Waals surface area contributed by atoms with Crippen molar-refractivity contribution in [2.75, 3.05) is 11.9 Å². The summed E-state index contributed by atoms with van der Waals surface area (Å²) in [5.41, 5.74) is 3.03. The third-order valence-corrected chi connectivity index (χ3v) is 6.04. The maximum absolute atomic E-state index is 12.6. The molecule has 0 bridgehead atoms. The molecule has 0 aliphatic heterocycles. The molecule has 0 atom stereocenters. The molecule has 0 radical (unpaired) electrons. The maximum Gasteiger partial charge on any atom is 0.411 e. The topological polar surface area (TPSA) is 76.3 Å². The molecule has 1 saturated carbocycles. The van der Waals surface area contributed by atoms with Gasteiger partial charge in [0.05, 0.1) is 33.6 Å². The Morgan fingerprint density at radius 3 is 2.62 bits per heavy atom. The lowest BCUT2D eigenvalue weighted by Crippen LogP contribution is -2.18. The summed E-state index contributed by atoms with van der Waals surface area (Å²) in [5.74, 6) is 0.322. The average molecular weight is 488 g/mol. The number of halogens is 3. The van der Waals surface area contributed by atoms with E-state index in [1.807, 2.05) is 0 Å². The van der Waals surface area contributed by atoms with Crippen molar-refractivity contribution in [3.63, 3.8) is 0 Å². The van der Waals surface area contributed by atoms with Crippen LogP contribution in [0.4, 0.5) is 19.3 Å². The van der Waals surface area contributed by atoms with E-state index in [2.05, 4.69) is 16.0 Å². The number of nitrogens with one attached hydrogen (secondary N) is 1. The number of rotatable bonds is 7. The van der Waals surface area contributed by atoms with Gasteiger partial charge in [-0.3, -0.25) is 5.32 Å². The van der Waals surface area contributed by atoms with Crippen molar-refractivity contribution in [2.45, 2.75) is 51.7 Å². The first-order valence-corrected chi connectivity index (χ1v) is 11.4. The Balaban J connectivity index is 1.79. The van der Waals surface area contributed by atoms with E-state index in [1.165, 1.54) is 0 Å². The Morgan fingerprint density at radius 2 is 2.03 bits per heavy atom. The molecule has 0 unspecified atom stereocenters. The molecule has 1 fully saturated rings. The van der Waals surface area contributed by atoms with Crippen molar-refractivity contribution >= 4 is 34.3 Å². The highest BCUT2D eigenvalue weighted by atomic mass is 35.5. The van der Waals surface area contributed by atoms with Crippen LogP contribution >= 0.6 is 11.6 Å². The quantitative estimate of drug-likeness (QED) is 0.383. The Bertz CT molecular complexity index is 1260. The average Bonchev–Trinajstić information content (AvgIpc) is 3.05. The Labute approximate surface area is 201 Å². The Morgan fingerprint density at radius 1 is 1.26 bits per heavy atom. The van der Waals surface area contributed by atoms with Gasteiger partial charge in [-0.2, -0.15) is 5.26 Å². The summed E-state index contributed by atoms with van der Waals surface area (Å²) in [5, 5.41) is 13.7. The molecule has 0 saturated heterocycles. The van der Waals surface area contributed by atoms with Crippen LogP contribution in [-0.2, 0) is 4.74 Å². The monoisotopic (exact) mass is 487 g/mol. The van der Waals surface area contributed by atoms with Crippen LogP contribution in [0.3, 0.4) is 0 Å². The number of ether oxygens (including phenoxy) is 2. The molecule has 3 aromatic rings. The summed E-state index contributed by atoms with van der Waals surface area (Å²) in [4.78, 5) is 12.0. The largest absolute Gasteiger partial charge is 0.488 e. The number of benzene rings is 2. The minimum atomic E-state index is -2.58. The van der Waals surface area contributed by atoms with Crippen molar-refractivity contribution in [3.8, 4) is 23.1 Å². The molecule has 2 aromatic carbocycles. The van der Waals surface area contributed by atoms with Gasteiger partial charge in [0.1, 0.15) is 18.4 Å². The zero-order valence-corrected chi connectivity index (χ0v) is 19.5. The predicted molar refractivity (Wildman–Crippen MR) is 127 cm³/mol.